The Kier molecular flexibility index (Phi) is 5.16. The molecule has 0 heterocycles. The Hall–Kier alpha value is -1.55. The second-order valence-electron chi connectivity index (χ2n) is 4.74. The van der Waals surface area contributed by atoms with Gasteiger partial charge in [0, 0.05) is 19.1 Å². The van der Waals surface area contributed by atoms with Crippen LogP contribution >= 0.6 is 0 Å². The molecule has 1 rings (SSSR count). The van der Waals surface area contributed by atoms with Crippen LogP contribution in [0, 0.1) is 0 Å². The van der Waals surface area contributed by atoms with Crippen molar-refractivity contribution in [3.63, 3.8) is 0 Å². The molecule has 0 bridgehead atoms. The molecule has 2 N–H and O–H groups in total. The fourth-order valence-electron chi connectivity index (χ4n) is 1.40. The SMILES string of the molecule is CC(C)N(C)C(=O)COc1ccc([C@@H](C)N)cc1. The first-order chi connectivity index (χ1) is 8.41. The van der Waals surface area contributed by atoms with Gasteiger partial charge in [-0.25, -0.2) is 0 Å². The normalized spacial score (nSPS) is 12.3. The van der Waals surface area contributed by atoms with Crippen LogP contribution in [0.2, 0.25) is 0 Å². The van der Waals surface area contributed by atoms with Crippen LogP contribution in [0.15, 0.2) is 24.3 Å². The molecule has 1 atom stereocenters. The van der Waals surface area contributed by atoms with Gasteiger partial charge in [0.05, 0.1) is 0 Å². The molecule has 18 heavy (non-hydrogen) atoms. The Labute approximate surface area is 109 Å². The van der Waals surface area contributed by atoms with Gasteiger partial charge in [0.2, 0.25) is 0 Å². The predicted octanol–water partition coefficient (Wildman–Crippen LogP) is 1.95. The van der Waals surface area contributed by atoms with E-state index in [4.69, 9.17) is 10.5 Å². The summed E-state index contributed by atoms with van der Waals surface area (Å²) in [6.45, 7) is 5.92. The van der Waals surface area contributed by atoms with Crippen molar-refractivity contribution in [3.8, 4) is 5.75 Å². The number of benzene rings is 1. The van der Waals surface area contributed by atoms with Crippen LogP contribution in [0.1, 0.15) is 32.4 Å². The van der Waals surface area contributed by atoms with Gasteiger partial charge in [0.25, 0.3) is 5.91 Å². The lowest BCUT2D eigenvalue weighted by atomic mass is 10.1. The summed E-state index contributed by atoms with van der Waals surface area (Å²) in [7, 11) is 1.77. The lowest BCUT2D eigenvalue weighted by Crippen LogP contribution is -2.36. The fourth-order valence-corrected chi connectivity index (χ4v) is 1.40. The minimum absolute atomic E-state index is 0.00718. The zero-order valence-electron chi connectivity index (χ0n) is 11.5. The molecule has 0 aliphatic rings. The van der Waals surface area contributed by atoms with Gasteiger partial charge in [-0.1, -0.05) is 12.1 Å². The van der Waals surface area contributed by atoms with E-state index in [1.54, 1.807) is 11.9 Å². The first kappa shape index (κ1) is 14.5. The molecule has 4 heteroatoms. The van der Waals surface area contributed by atoms with Crippen molar-refractivity contribution < 1.29 is 9.53 Å². The molecule has 0 saturated heterocycles. The van der Waals surface area contributed by atoms with Crippen molar-refractivity contribution in [3.05, 3.63) is 29.8 Å². The number of carbonyl (C=O) groups is 1. The molecule has 0 fully saturated rings. The number of carbonyl (C=O) groups excluding carboxylic acids is 1. The molecule has 4 nitrogen and oxygen atoms in total. The first-order valence-corrected chi connectivity index (χ1v) is 6.15. The van der Waals surface area contributed by atoms with E-state index in [0.717, 1.165) is 5.56 Å². The van der Waals surface area contributed by atoms with E-state index in [0.29, 0.717) is 5.75 Å². The fraction of sp³-hybridized carbons (Fsp3) is 0.500. The van der Waals surface area contributed by atoms with Crippen LogP contribution in [0.5, 0.6) is 5.75 Å². The Bertz CT molecular complexity index is 385. The Morgan fingerprint density at radius 3 is 2.28 bits per heavy atom. The molecule has 1 aromatic rings. The summed E-state index contributed by atoms with van der Waals surface area (Å²) >= 11 is 0. The third-order valence-corrected chi connectivity index (χ3v) is 2.94. The number of hydrogen-bond donors (Lipinski definition) is 1. The third-order valence-electron chi connectivity index (χ3n) is 2.94. The predicted molar refractivity (Wildman–Crippen MR) is 72.4 cm³/mol. The van der Waals surface area contributed by atoms with E-state index < -0.39 is 0 Å². The van der Waals surface area contributed by atoms with Gasteiger partial charge in [-0.3, -0.25) is 4.79 Å². The maximum absolute atomic E-state index is 11.7. The number of nitrogens with two attached hydrogens (primary N) is 1. The number of likely N-dealkylation sites (N-methyl/N-ethyl adjacent to an activating group) is 1. The molecule has 0 unspecified atom stereocenters. The maximum Gasteiger partial charge on any atom is 0.260 e. The quantitative estimate of drug-likeness (QED) is 0.869. The number of amides is 1. The van der Waals surface area contributed by atoms with Crippen LogP contribution in [0.25, 0.3) is 0 Å². The molecule has 0 spiro atoms. The van der Waals surface area contributed by atoms with Crippen LogP contribution < -0.4 is 10.5 Å². The zero-order valence-corrected chi connectivity index (χ0v) is 11.5. The molecule has 1 amide bonds. The van der Waals surface area contributed by atoms with Crippen LogP contribution in [0.4, 0.5) is 0 Å². The molecule has 1 aromatic carbocycles. The summed E-state index contributed by atoms with van der Waals surface area (Å²) in [5.74, 6) is 0.658. The van der Waals surface area contributed by atoms with Gasteiger partial charge < -0.3 is 15.4 Å². The average Bonchev–Trinajstić information content (AvgIpc) is 2.35. The van der Waals surface area contributed by atoms with Crippen molar-refractivity contribution in [2.45, 2.75) is 32.9 Å². The summed E-state index contributed by atoms with van der Waals surface area (Å²) in [4.78, 5) is 13.4. The Morgan fingerprint density at radius 2 is 1.83 bits per heavy atom. The lowest BCUT2D eigenvalue weighted by molar-refractivity contribution is -0.133. The number of rotatable bonds is 5. The monoisotopic (exact) mass is 250 g/mol. The number of ether oxygens (including phenoxy) is 1. The van der Waals surface area contributed by atoms with Crippen LogP contribution in [0.3, 0.4) is 0 Å². The summed E-state index contributed by atoms with van der Waals surface area (Å²) in [6.07, 6.45) is 0. The molecule has 0 radical (unpaired) electrons. The van der Waals surface area contributed by atoms with E-state index >= 15 is 0 Å². The van der Waals surface area contributed by atoms with Crippen LogP contribution in [-0.4, -0.2) is 30.5 Å². The van der Waals surface area contributed by atoms with Gasteiger partial charge in [-0.15, -0.1) is 0 Å². The highest BCUT2D eigenvalue weighted by atomic mass is 16.5. The van der Waals surface area contributed by atoms with E-state index in [1.165, 1.54) is 0 Å². The molecule has 0 aliphatic heterocycles. The zero-order chi connectivity index (χ0) is 13.7. The molecular weight excluding hydrogens is 228 g/mol. The van der Waals surface area contributed by atoms with Crippen molar-refractivity contribution in [1.29, 1.82) is 0 Å². The minimum Gasteiger partial charge on any atom is -0.484 e. The molecule has 0 saturated carbocycles. The largest absolute Gasteiger partial charge is 0.484 e. The third kappa shape index (κ3) is 4.04. The summed E-state index contributed by atoms with van der Waals surface area (Å²) in [6, 6.07) is 7.69. The van der Waals surface area contributed by atoms with E-state index in [1.807, 2.05) is 45.0 Å². The molecule has 100 valence electrons. The van der Waals surface area contributed by atoms with Crippen LogP contribution in [-0.2, 0) is 4.79 Å². The van der Waals surface area contributed by atoms with Gasteiger partial charge in [0.1, 0.15) is 5.75 Å². The van der Waals surface area contributed by atoms with Crippen molar-refractivity contribution in [2.24, 2.45) is 5.73 Å². The van der Waals surface area contributed by atoms with Crippen molar-refractivity contribution in [2.75, 3.05) is 13.7 Å². The number of nitrogens with zero attached hydrogens (tertiary/aromatic N) is 1. The first-order valence-electron chi connectivity index (χ1n) is 6.15. The highest BCUT2D eigenvalue weighted by Gasteiger charge is 2.12. The maximum atomic E-state index is 11.7. The Morgan fingerprint density at radius 1 is 1.28 bits per heavy atom. The Balaban J connectivity index is 2.51. The standard InChI is InChI=1S/C14H22N2O2/c1-10(2)16(4)14(17)9-18-13-7-5-12(6-8-13)11(3)15/h5-8,10-11H,9,15H2,1-4H3/t11-/m1/s1. The van der Waals surface area contributed by atoms with E-state index in [9.17, 15) is 4.79 Å². The second kappa shape index (κ2) is 6.40. The highest BCUT2D eigenvalue weighted by molar-refractivity contribution is 5.77. The van der Waals surface area contributed by atoms with Crippen molar-refractivity contribution in [1.82, 2.24) is 4.90 Å². The second-order valence-corrected chi connectivity index (χ2v) is 4.74. The van der Waals surface area contributed by atoms with Gasteiger partial charge in [-0.2, -0.15) is 0 Å². The topological polar surface area (TPSA) is 55.6 Å². The van der Waals surface area contributed by atoms with Gasteiger partial charge >= 0.3 is 0 Å². The smallest absolute Gasteiger partial charge is 0.260 e. The summed E-state index contributed by atoms with van der Waals surface area (Å²) in [5, 5.41) is 0. The van der Waals surface area contributed by atoms with Gasteiger partial charge in [0.15, 0.2) is 6.61 Å². The molecule has 0 aromatic heterocycles. The summed E-state index contributed by atoms with van der Waals surface area (Å²) in [5.41, 5.74) is 6.81. The number of hydrogen-bond acceptors (Lipinski definition) is 3. The molecular formula is C14H22N2O2. The minimum atomic E-state index is -0.0266. The van der Waals surface area contributed by atoms with Gasteiger partial charge in [-0.05, 0) is 38.5 Å². The average molecular weight is 250 g/mol. The van der Waals surface area contributed by atoms with Crippen molar-refractivity contribution >= 4 is 5.91 Å². The van der Waals surface area contributed by atoms with E-state index in [-0.39, 0.29) is 24.6 Å². The summed E-state index contributed by atoms with van der Waals surface area (Å²) < 4.78 is 5.44. The van der Waals surface area contributed by atoms with E-state index in [2.05, 4.69) is 0 Å². The lowest BCUT2D eigenvalue weighted by Gasteiger charge is -2.21. The highest BCUT2D eigenvalue weighted by Crippen LogP contribution is 2.16. The molecule has 0 aliphatic carbocycles.